The molecule has 3 nitrogen and oxygen atoms in total. The number of rotatable bonds is 6. The van der Waals surface area contributed by atoms with Gasteiger partial charge in [-0.2, -0.15) is 0 Å². The zero-order valence-electron chi connectivity index (χ0n) is 11.5. The fourth-order valence-corrected chi connectivity index (χ4v) is 2.53. The monoisotopic (exact) mass is 321 g/mol. The van der Waals surface area contributed by atoms with Crippen molar-refractivity contribution < 1.29 is 0 Å². The SMILES string of the molecule is CN(C)CCCNCc1ccc(Br)c2cccnc12. The highest BCUT2D eigenvalue weighted by Gasteiger charge is 2.04. The molecule has 2 rings (SSSR count). The minimum Gasteiger partial charge on any atom is -0.313 e. The van der Waals surface area contributed by atoms with Crippen LogP contribution in [0.4, 0.5) is 0 Å². The van der Waals surface area contributed by atoms with Gasteiger partial charge in [-0.25, -0.2) is 0 Å². The van der Waals surface area contributed by atoms with Gasteiger partial charge in [-0.3, -0.25) is 4.98 Å². The molecule has 1 aromatic carbocycles. The van der Waals surface area contributed by atoms with Gasteiger partial charge in [0.05, 0.1) is 5.52 Å². The Bertz CT molecular complexity index is 540. The first-order chi connectivity index (χ1) is 9.18. The van der Waals surface area contributed by atoms with Crippen molar-refractivity contribution in [3.05, 3.63) is 40.5 Å². The molecule has 4 heteroatoms. The third kappa shape index (κ3) is 4.00. The van der Waals surface area contributed by atoms with Crippen molar-refractivity contribution in [2.75, 3.05) is 27.2 Å². The summed E-state index contributed by atoms with van der Waals surface area (Å²) in [5.74, 6) is 0. The van der Waals surface area contributed by atoms with Crippen LogP contribution in [-0.4, -0.2) is 37.1 Å². The minimum absolute atomic E-state index is 0.869. The van der Waals surface area contributed by atoms with Crippen LogP contribution in [0.25, 0.3) is 10.9 Å². The highest BCUT2D eigenvalue weighted by molar-refractivity contribution is 9.10. The maximum absolute atomic E-state index is 4.49. The van der Waals surface area contributed by atoms with Gasteiger partial charge in [0.1, 0.15) is 0 Å². The van der Waals surface area contributed by atoms with E-state index in [2.05, 4.69) is 63.4 Å². The molecule has 1 N–H and O–H groups in total. The summed E-state index contributed by atoms with van der Waals surface area (Å²) in [5.41, 5.74) is 2.33. The smallest absolute Gasteiger partial charge is 0.0758 e. The lowest BCUT2D eigenvalue weighted by Crippen LogP contribution is -2.21. The molecule has 1 heterocycles. The molecule has 0 saturated carbocycles. The Morgan fingerprint density at radius 3 is 2.89 bits per heavy atom. The Labute approximate surface area is 123 Å². The van der Waals surface area contributed by atoms with E-state index in [1.165, 1.54) is 10.9 Å². The number of nitrogens with one attached hydrogen (secondary N) is 1. The number of hydrogen-bond acceptors (Lipinski definition) is 3. The van der Waals surface area contributed by atoms with E-state index in [-0.39, 0.29) is 0 Å². The van der Waals surface area contributed by atoms with E-state index in [9.17, 15) is 0 Å². The van der Waals surface area contributed by atoms with Gasteiger partial charge in [0.15, 0.2) is 0 Å². The van der Waals surface area contributed by atoms with Crippen LogP contribution in [0.2, 0.25) is 0 Å². The van der Waals surface area contributed by atoms with Gasteiger partial charge in [0.2, 0.25) is 0 Å². The molecule has 0 saturated heterocycles. The Hall–Kier alpha value is -0.970. The van der Waals surface area contributed by atoms with E-state index in [4.69, 9.17) is 0 Å². The number of benzene rings is 1. The average Bonchev–Trinajstić information content (AvgIpc) is 2.41. The fourth-order valence-electron chi connectivity index (χ4n) is 2.08. The zero-order valence-corrected chi connectivity index (χ0v) is 13.1. The summed E-state index contributed by atoms with van der Waals surface area (Å²) < 4.78 is 1.10. The maximum atomic E-state index is 4.49. The second kappa shape index (κ2) is 6.98. The number of hydrogen-bond donors (Lipinski definition) is 1. The standard InChI is InChI=1S/C15H20BrN3/c1-19(2)10-4-8-17-11-12-6-7-14(16)13-5-3-9-18-15(12)13/h3,5-7,9,17H,4,8,10-11H2,1-2H3. The van der Waals surface area contributed by atoms with E-state index in [1.54, 1.807) is 0 Å². The first kappa shape index (κ1) is 14.4. The van der Waals surface area contributed by atoms with E-state index in [1.807, 2.05) is 12.3 Å². The summed E-state index contributed by atoms with van der Waals surface area (Å²) in [4.78, 5) is 6.70. The molecule has 102 valence electrons. The van der Waals surface area contributed by atoms with Gasteiger partial charge < -0.3 is 10.2 Å². The highest BCUT2D eigenvalue weighted by atomic mass is 79.9. The van der Waals surface area contributed by atoms with Gasteiger partial charge >= 0.3 is 0 Å². The van der Waals surface area contributed by atoms with Gasteiger partial charge in [0.25, 0.3) is 0 Å². The van der Waals surface area contributed by atoms with Crippen LogP contribution in [-0.2, 0) is 6.54 Å². The summed E-state index contributed by atoms with van der Waals surface area (Å²) in [6.45, 7) is 3.02. The largest absolute Gasteiger partial charge is 0.313 e. The van der Waals surface area contributed by atoms with Crippen LogP contribution in [0.5, 0.6) is 0 Å². The second-order valence-corrected chi connectivity index (χ2v) is 5.79. The van der Waals surface area contributed by atoms with Gasteiger partial charge in [-0.05, 0) is 51.3 Å². The molecule has 0 fully saturated rings. The molecule has 0 amide bonds. The third-order valence-electron chi connectivity index (χ3n) is 3.07. The molecule has 0 atom stereocenters. The normalized spacial score (nSPS) is 11.4. The van der Waals surface area contributed by atoms with Crippen LogP contribution in [0.3, 0.4) is 0 Å². The van der Waals surface area contributed by atoms with Crippen LogP contribution < -0.4 is 5.32 Å². The molecular formula is C15H20BrN3. The van der Waals surface area contributed by atoms with Crippen LogP contribution >= 0.6 is 15.9 Å². The van der Waals surface area contributed by atoms with Gasteiger partial charge in [-0.1, -0.05) is 28.1 Å². The van der Waals surface area contributed by atoms with Crippen LogP contribution in [0.1, 0.15) is 12.0 Å². The van der Waals surface area contributed by atoms with Crippen molar-refractivity contribution in [2.24, 2.45) is 0 Å². The molecule has 0 spiro atoms. The van der Waals surface area contributed by atoms with Crippen molar-refractivity contribution in [2.45, 2.75) is 13.0 Å². The van der Waals surface area contributed by atoms with E-state index < -0.39 is 0 Å². The quantitative estimate of drug-likeness (QED) is 0.829. The lowest BCUT2D eigenvalue weighted by Gasteiger charge is -2.11. The minimum atomic E-state index is 0.869. The summed E-state index contributed by atoms with van der Waals surface area (Å²) in [7, 11) is 4.21. The zero-order chi connectivity index (χ0) is 13.7. The van der Waals surface area contributed by atoms with Crippen molar-refractivity contribution in [1.29, 1.82) is 0 Å². The lowest BCUT2D eigenvalue weighted by molar-refractivity contribution is 0.394. The van der Waals surface area contributed by atoms with E-state index in [0.29, 0.717) is 0 Å². The average molecular weight is 322 g/mol. The second-order valence-electron chi connectivity index (χ2n) is 4.94. The molecule has 0 radical (unpaired) electrons. The Kier molecular flexibility index (Phi) is 5.31. The van der Waals surface area contributed by atoms with Crippen LogP contribution in [0.15, 0.2) is 34.9 Å². The molecule has 1 aromatic heterocycles. The van der Waals surface area contributed by atoms with Crippen molar-refractivity contribution in [3.63, 3.8) is 0 Å². The molecule has 2 aromatic rings. The lowest BCUT2D eigenvalue weighted by atomic mass is 10.1. The van der Waals surface area contributed by atoms with Crippen molar-refractivity contribution in [3.8, 4) is 0 Å². The molecule has 19 heavy (non-hydrogen) atoms. The van der Waals surface area contributed by atoms with E-state index >= 15 is 0 Å². The van der Waals surface area contributed by atoms with Gasteiger partial charge in [0, 0.05) is 22.6 Å². The first-order valence-corrected chi connectivity index (χ1v) is 7.35. The number of aromatic nitrogens is 1. The topological polar surface area (TPSA) is 28.2 Å². The number of nitrogens with zero attached hydrogens (tertiary/aromatic N) is 2. The summed E-state index contributed by atoms with van der Waals surface area (Å²) >= 11 is 3.57. The predicted octanol–water partition coefficient (Wildman–Crippen LogP) is 3.04. The Morgan fingerprint density at radius 2 is 2.11 bits per heavy atom. The molecule has 0 aliphatic heterocycles. The predicted molar refractivity (Wildman–Crippen MR) is 84.3 cm³/mol. The molecule has 0 unspecified atom stereocenters. The third-order valence-corrected chi connectivity index (χ3v) is 3.77. The number of fused-ring (bicyclic) bond motifs is 1. The molecule has 0 aliphatic carbocycles. The molecule has 0 aliphatic rings. The fraction of sp³-hybridized carbons (Fsp3) is 0.400. The maximum Gasteiger partial charge on any atom is 0.0758 e. The van der Waals surface area contributed by atoms with E-state index in [0.717, 1.165) is 36.0 Å². The summed E-state index contributed by atoms with van der Waals surface area (Å²) in [6, 6.07) is 8.31. The Balaban J connectivity index is 1.99. The first-order valence-electron chi connectivity index (χ1n) is 6.56. The number of halogens is 1. The molecule has 0 bridgehead atoms. The van der Waals surface area contributed by atoms with Crippen LogP contribution in [0, 0.1) is 0 Å². The highest BCUT2D eigenvalue weighted by Crippen LogP contribution is 2.24. The molecular weight excluding hydrogens is 302 g/mol. The number of pyridine rings is 1. The van der Waals surface area contributed by atoms with Gasteiger partial charge in [-0.15, -0.1) is 0 Å². The summed E-state index contributed by atoms with van der Waals surface area (Å²) in [5, 5.41) is 4.66. The van der Waals surface area contributed by atoms with Crippen molar-refractivity contribution >= 4 is 26.8 Å². The summed E-state index contributed by atoms with van der Waals surface area (Å²) in [6.07, 6.45) is 3.01. The van der Waals surface area contributed by atoms with Crippen molar-refractivity contribution in [1.82, 2.24) is 15.2 Å². The Morgan fingerprint density at radius 1 is 1.26 bits per heavy atom.